The molecule has 0 radical (unpaired) electrons. The minimum absolute atomic E-state index is 0.0777. The summed E-state index contributed by atoms with van der Waals surface area (Å²) in [6, 6.07) is 0. The third kappa shape index (κ3) is 18.1. The number of unbranched alkanes of at least 4 members (excludes halogenated alkanes) is 6. The summed E-state index contributed by atoms with van der Waals surface area (Å²) in [7, 11) is 1.46. The fourth-order valence-corrected chi connectivity index (χ4v) is 4.13. The van der Waals surface area contributed by atoms with Gasteiger partial charge in [-0.3, -0.25) is 4.79 Å². The van der Waals surface area contributed by atoms with Crippen LogP contribution in [0.1, 0.15) is 71.1 Å². The minimum atomic E-state index is -0.0777. The van der Waals surface area contributed by atoms with E-state index in [1.54, 1.807) is 0 Å². The molecule has 21 heavy (non-hydrogen) atoms. The lowest BCUT2D eigenvalue weighted by molar-refractivity contribution is -0.140. The molecule has 0 atom stereocenters. The highest BCUT2D eigenvalue weighted by molar-refractivity contribution is 8.00. The van der Waals surface area contributed by atoms with Crippen LogP contribution in [0.25, 0.3) is 0 Å². The third-order valence-corrected chi connectivity index (χ3v) is 5.68. The van der Waals surface area contributed by atoms with Gasteiger partial charge in [0.25, 0.3) is 0 Å². The summed E-state index contributed by atoms with van der Waals surface area (Å²) in [5.41, 5.74) is 0. The van der Waals surface area contributed by atoms with Crippen LogP contribution in [0.4, 0.5) is 0 Å². The molecule has 4 heteroatoms. The highest BCUT2D eigenvalue weighted by atomic mass is 32.2. The van der Waals surface area contributed by atoms with Crippen molar-refractivity contribution >= 4 is 29.5 Å². The van der Waals surface area contributed by atoms with Crippen LogP contribution in [0, 0.1) is 0 Å². The molecular formula is C17H34O2S2. The van der Waals surface area contributed by atoms with Crippen LogP contribution in [0.3, 0.4) is 0 Å². The Hall–Kier alpha value is 0.170. The Morgan fingerprint density at radius 1 is 0.762 bits per heavy atom. The Kier molecular flexibility index (Phi) is 18.4. The Balaban J connectivity index is 2.98. The fourth-order valence-electron chi connectivity index (χ4n) is 2.03. The summed E-state index contributed by atoms with van der Waals surface area (Å²) in [4.78, 5) is 10.9. The smallest absolute Gasteiger partial charge is 0.305 e. The molecule has 0 aromatic carbocycles. The minimum Gasteiger partial charge on any atom is -0.469 e. The molecule has 0 fully saturated rings. The van der Waals surface area contributed by atoms with Gasteiger partial charge < -0.3 is 4.74 Å². The zero-order chi connectivity index (χ0) is 15.6. The molecule has 0 aliphatic heterocycles. The first-order valence-electron chi connectivity index (χ1n) is 8.53. The van der Waals surface area contributed by atoms with Gasteiger partial charge in [0.05, 0.1) is 7.11 Å². The molecule has 0 unspecified atom stereocenters. The molecule has 0 aromatic rings. The molecule has 0 saturated heterocycles. The number of methoxy groups -OCH3 is 1. The number of carbonyl (C=O) groups excluding carboxylic acids is 1. The van der Waals surface area contributed by atoms with Crippen LogP contribution in [-0.4, -0.2) is 36.1 Å². The maximum atomic E-state index is 10.9. The van der Waals surface area contributed by atoms with Gasteiger partial charge in [-0.25, -0.2) is 0 Å². The number of hydrogen-bond donors (Lipinski definition) is 0. The Morgan fingerprint density at radius 3 is 1.90 bits per heavy atom. The summed E-state index contributed by atoms with van der Waals surface area (Å²) >= 11 is 4.14. The second-order valence-corrected chi connectivity index (χ2v) is 7.83. The first-order chi connectivity index (χ1) is 10.3. The van der Waals surface area contributed by atoms with Crippen molar-refractivity contribution in [3.63, 3.8) is 0 Å². The van der Waals surface area contributed by atoms with E-state index >= 15 is 0 Å². The summed E-state index contributed by atoms with van der Waals surface area (Å²) < 4.78 is 4.62. The van der Waals surface area contributed by atoms with Crippen molar-refractivity contribution in [3.8, 4) is 0 Å². The average Bonchev–Trinajstić information content (AvgIpc) is 2.50. The van der Waals surface area contributed by atoms with Crippen molar-refractivity contribution in [1.29, 1.82) is 0 Å². The van der Waals surface area contributed by atoms with Crippen molar-refractivity contribution in [2.45, 2.75) is 71.1 Å². The summed E-state index contributed by atoms with van der Waals surface area (Å²) in [5.74, 6) is 5.02. The van der Waals surface area contributed by atoms with Gasteiger partial charge in [0.1, 0.15) is 0 Å². The predicted octanol–water partition coefficient (Wildman–Crippen LogP) is 5.55. The standard InChI is InChI=1S/C17H34O2S2/c1-3-4-5-6-7-9-13-20-15-11-16-21-14-10-8-12-17(18)19-2/h3-16H2,1-2H3. The molecule has 0 amide bonds. The average molecular weight is 335 g/mol. The molecule has 0 aromatic heterocycles. The molecule has 0 rings (SSSR count). The summed E-state index contributed by atoms with van der Waals surface area (Å²) in [5, 5.41) is 0. The van der Waals surface area contributed by atoms with Gasteiger partial charge in [-0.1, -0.05) is 39.0 Å². The van der Waals surface area contributed by atoms with E-state index in [1.165, 1.54) is 75.1 Å². The molecule has 126 valence electrons. The van der Waals surface area contributed by atoms with Crippen molar-refractivity contribution in [2.24, 2.45) is 0 Å². The van der Waals surface area contributed by atoms with E-state index in [1.807, 2.05) is 11.8 Å². The maximum Gasteiger partial charge on any atom is 0.305 e. The van der Waals surface area contributed by atoms with Crippen molar-refractivity contribution < 1.29 is 9.53 Å². The molecule has 0 heterocycles. The van der Waals surface area contributed by atoms with Gasteiger partial charge in [0.2, 0.25) is 0 Å². The molecular weight excluding hydrogens is 300 g/mol. The zero-order valence-electron chi connectivity index (χ0n) is 14.0. The number of hydrogen-bond acceptors (Lipinski definition) is 4. The van der Waals surface area contributed by atoms with E-state index < -0.39 is 0 Å². The molecule has 0 N–H and O–H groups in total. The maximum absolute atomic E-state index is 10.9. The highest BCUT2D eigenvalue weighted by Gasteiger charge is 1.99. The van der Waals surface area contributed by atoms with Gasteiger partial charge in [-0.05, 0) is 48.7 Å². The van der Waals surface area contributed by atoms with E-state index in [2.05, 4.69) is 23.4 Å². The van der Waals surface area contributed by atoms with Crippen molar-refractivity contribution in [2.75, 3.05) is 30.1 Å². The number of carbonyl (C=O) groups is 1. The predicted molar refractivity (Wildman–Crippen MR) is 98.5 cm³/mol. The van der Waals surface area contributed by atoms with E-state index in [9.17, 15) is 4.79 Å². The quantitative estimate of drug-likeness (QED) is 0.273. The number of rotatable bonds is 16. The monoisotopic (exact) mass is 334 g/mol. The molecule has 2 nitrogen and oxygen atoms in total. The van der Waals surface area contributed by atoms with Gasteiger partial charge in [-0.15, -0.1) is 0 Å². The highest BCUT2D eigenvalue weighted by Crippen LogP contribution is 2.13. The summed E-state index contributed by atoms with van der Waals surface area (Å²) in [6.07, 6.45) is 12.4. The van der Waals surface area contributed by atoms with E-state index in [0.717, 1.165) is 12.8 Å². The van der Waals surface area contributed by atoms with E-state index in [-0.39, 0.29) is 5.97 Å². The lowest BCUT2D eigenvalue weighted by Gasteiger charge is -2.03. The van der Waals surface area contributed by atoms with E-state index in [4.69, 9.17) is 0 Å². The number of thioether (sulfide) groups is 2. The van der Waals surface area contributed by atoms with Crippen molar-refractivity contribution in [1.82, 2.24) is 0 Å². The van der Waals surface area contributed by atoms with Crippen LogP contribution >= 0.6 is 23.5 Å². The molecule has 0 spiro atoms. The molecule has 0 aliphatic carbocycles. The van der Waals surface area contributed by atoms with E-state index in [0.29, 0.717) is 6.42 Å². The fraction of sp³-hybridized carbons (Fsp3) is 0.941. The molecule has 0 bridgehead atoms. The normalized spacial score (nSPS) is 10.8. The van der Waals surface area contributed by atoms with Gasteiger partial charge in [0.15, 0.2) is 0 Å². The van der Waals surface area contributed by atoms with Gasteiger partial charge in [-0.2, -0.15) is 23.5 Å². The lowest BCUT2D eigenvalue weighted by atomic mass is 10.1. The first kappa shape index (κ1) is 21.2. The molecule has 0 aliphatic rings. The SMILES string of the molecule is CCCCCCCCSCCCSCCCCC(=O)OC. The Morgan fingerprint density at radius 2 is 1.29 bits per heavy atom. The van der Waals surface area contributed by atoms with Crippen LogP contribution < -0.4 is 0 Å². The number of ether oxygens (including phenoxy) is 1. The van der Waals surface area contributed by atoms with Crippen LogP contribution in [0.15, 0.2) is 0 Å². The zero-order valence-corrected chi connectivity index (χ0v) is 15.7. The Labute approximate surface area is 140 Å². The largest absolute Gasteiger partial charge is 0.469 e. The van der Waals surface area contributed by atoms with Crippen LogP contribution in [-0.2, 0) is 9.53 Å². The van der Waals surface area contributed by atoms with Crippen LogP contribution in [0.5, 0.6) is 0 Å². The van der Waals surface area contributed by atoms with Crippen LogP contribution in [0.2, 0.25) is 0 Å². The third-order valence-electron chi connectivity index (χ3n) is 3.37. The number of esters is 1. The molecule has 0 saturated carbocycles. The first-order valence-corrected chi connectivity index (χ1v) is 10.8. The Bertz CT molecular complexity index is 223. The van der Waals surface area contributed by atoms with Gasteiger partial charge in [0, 0.05) is 6.42 Å². The summed E-state index contributed by atoms with van der Waals surface area (Å²) in [6.45, 7) is 2.27. The second kappa shape index (κ2) is 18.2. The lowest BCUT2D eigenvalue weighted by Crippen LogP contribution is -1.99. The second-order valence-electron chi connectivity index (χ2n) is 5.38. The van der Waals surface area contributed by atoms with Crippen molar-refractivity contribution in [3.05, 3.63) is 0 Å². The van der Waals surface area contributed by atoms with Gasteiger partial charge >= 0.3 is 5.97 Å². The topological polar surface area (TPSA) is 26.3 Å².